The second-order valence-corrected chi connectivity index (χ2v) is 8.53. The Morgan fingerprint density at radius 3 is 2.75 bits per heavy atom. The van der Waals surface area contributed by atoms with Gasteiger partial charge in [0.15, 0.2) is 0 Å². The molecule has 1 N–H and O–H groups in total. The summed E-state index contributed by atoms with van der Waals surface area (Å²) in [5, 5.41) is 10.0. The van der Waals surface area contributed by atoms with E-state index >= 15 is 0 Å². The lowest BCUT2D eigenvalue weighted by molar-refractivity contribution is -0.134. The normalized spacial score (nSPS) is 37.0. The van der Waals surface area contributed by atoms with E-state index in [0.717, 1.165) is 37.7 Å². The highest BCUT2D eigenvalue weighted by Crippen LogP contribution is 2.61. The Morgan fingerprint density at radius 1 is 1.42 bits per heavy atom. The highest BCUT2D eigenvalue weighted by molar-refractivity contribution is 5.82. The lowest BCUT2D eigenvalue weighted by Crippen LogP contribution is -2.51. The molecule has 0 aliphatic heterocycles. The number of carbonyl (C=O) groups excluding carboxylic acids is 1. The van der Waals surface area contributed by atoms with Gasteiger partial charge in [0.25, 0.3) is 0 Å². The van der Waals surface area contributed by atoms with E-state index in [1.807, 2.05) is 6.92 Å². The lowest BCUT2D eigenvalue weighted by Gasteiger charge is -2.58. The van der Waals surface area contributed by atoms with Gasteiger partial charge in [-0.3, -0.25) is 0 Å². The van der Waals surface area contributed by atoms with Gasteiger partial charge in [-0.2, -0.15) is 0 Å². The first-order valence-electron chi connectivity index (χ1n) is 9.30. The number of aliphatic hydroxyl groups excluding tert-OH is 1. The summed E-state index contributed by atoms with van der Waals surface area (Å²) in [6.07, 6.45) is 9.29. The first-order chi connectivity index (χ1) is 11.3. The molecule has 2 aliphatic carbocycles. The molecule has 0 aromatic heterocycles. The number of hydrogen-bond acceptors (Lipinski definition) is 3. The molecule has 3 nitrogen and oxygen atoms in total. The zero-order chi connectivity index (χ0) is 18.0. The Labute approximate surface area is 147 Å². The van der Waals surface area contributed by atoms with E-state index in [2.05, 4.69) is 20.4 Å². The molecular weight excluding hydrogens is 300 g/mol. The number of hydrogen-bond donors (Lipinski definition) is 1. The Hall–Kier alpha value is -1.09. The van der Waals surface area contributed by atoms with E-state index in [1.165, 1.54) is 25.5 Å². The monoisotopic (exact) mass is 334 g/mol. The number of fused-ring (bicyclic) bond motifs is 1. The Balaban J connectivity index is 2.17. The van der Waals surface area contributed by atoms with Crippen LogP contribution in [0.1, 0.15) is 65.7 Å². The summed E-state index contributed by atoms with van der Waals surface area (Å²) >= 11 is 0. The van der Waals surface area contributed by atoms with Crippen molar-refractivity contribution in [2.75, 3.05) is 13.7 Å². The smallest absolute Gasteiger partial charge is 0.330 e. The Bertz CT molecular complexity index is 521. The standard InChI is InChI=1S/C21H34O3/c1-15(13-19(23)24-5)7-9-17-16(2)8-10-18-20(3,14-22)11-6-12-21(17,18)4/h13,17-18,22H,2,6-12,14H2,1,3-5H3/b15-13+/t17-,18-,20+,21+/m0/s1. The quantitative estimate of drug-likeness (QED) is 0.452. The lowest BCUT2D eigenvalue weighted by atomic mass is 9.47. The summed E-state index contributed by atoms with van der Waals surface area (Å²) in [5.41, 5.74) is 2.70. The number of ether oxygens (including phenoxy) is 1. The van der Waals surface area contributed by atoms with Gasteiger partial charge in [-0.25, -0.2) is 4.79 Å². The van der Waals surface area contributed by atoms with Crippen molar-refractivity contribution in [3.63, 3.8) is 0 Å². The molecule has 0 unspecified atom stereocenters. The van der Waals surface area contributed by atoms with E-state index in [0.29, 0.717) is 11.8 Å². The van der Waals surface area contributed by atoms with Gasteiger partial charge in [0.1, 0.15) is 0 Å². The number of methoxy groups -OCH3 is 1. The SMILES string of the molecule is C=C1CC[C@H]2[C@@](C)(CO)CCC[C@]2(C)[C@H]1CC/C(C)=C/C(=O)OC. The number of carbonyl (C=O) groups is 1. The fourth-order valence-corrected chi connectivity index (χ4v) is 5.51. The second kappa shape index (κ2) is 7.43. The summed E-state index contributed by atoms with van der Waals surface area (Å²) in [7, 11) is 1.42. The maximum atomic E-state index is 11.4. The molecule has 0 radical (unpaired) electrons. The molecular formula is C21H34O3. The van der Waals surface area contributed by atoms with Gasteiger partial charge < -0.3 is 9.84 Å². The van der Waals surface area contributed by atoms with Gasteiger partial charge in [0.05, 0.1) is 7.11 Å². The third-order valence-electron chi connectivity index (χ3n) is 6.90. The first kappa shape index (κ1) is 19.2. The van der Waals surface area contributed by atoms with E-state index in [-0.39, 0.29) is 23.4 Å². The fraction of sp³-hybridized carbons (Fsp3) is 0.762. The summed E-state index contributed by atoms with van der Waals surface area (Å²) in [6.45, 7) is 11.4. The number of allylic oxidation sites excluding steroid dienone is 2. The van der Waals surface area contributed by atoms with Gasteiger partial charge in [0.2, 0.25) is 0 Å². The second-order valence-electron chi connectivity index (χ2n) is 8.53. The van der Waals surface area contributed by atoms with Gasteiger partial charge in [-0.15, -0.1) is 0 Å². The molecule has 3 heteroatoms. The van der Waals surface area contributed by atoms with Crippen LogP contribution < -0.4 is 0 Å². The molecule has 24 heavy (non-hydrogen) atoms. The minimum atomic E-state index is -0.274. The molecule has 2 aliphatic rings. The van der Waals surface area contributed by atoms with Crippen LogP contribution in [0, 0.1) is 22.7 Å². The molecule has 2 saturated carbocycles. The van der Waals surface area contributed by atoms with E-state index in [4.69, 9.17) is 4.74 Å². The molecule has 0 amide bonds. The number of aliphatic hydroxyl groups is 1. The maximum Gasteiger partial charge on any atom is 0.330 e. The molecule has 2 rings (SSSR count). The molecule has 0 saturated heterocycles. The van der Waals surface area contributed by atoms with Crippen LogP contribution in [0.3, 0.4) is 0 Å². The topological polar surface area (TPSA) is 46.5 Å². The van der Waals surface area contributed by atoms with Crippen molar-refractivity contribution in [3.8, 4) is 0 Å². The fourth-order valence-electron chi connectivity index (χ4n) is 5.51. The Kier molecular flexibility index (Phi) is 5.95. The van der Waals surface area contributed by atoms with E-state index in [1.54, 1.807) is 6.08 Å². The van der Waals surface area contributed by atoms with Crippen molar-refractivity contribution in [1.29, 1.82) is 0 Å². The summed E-state index contributed by atoms with van der Waals surface area (Å²) in [6, 6.07) is 0. The van der Waals surface area contributed by atoms with Gasteiger partial charge >= 0.3 is 5.97 Å². The molecule has 2 fully saturated rings. The molecule has 0 spiro atoms. The van der Waals surface area contributed by atoms with Gasteiger partial charge in [-0.05, 0) is 68.1 Å². The minimum Gasteiger partial charge on any atom is -0.466 e. The first-order valence-corrected chi connectivity index (χ1v) is 9.30. The third kappa shape index (κ3) is 3.61. The summed E-state index contributed by atoms with van der Waals surface area (Å²) in [4.78, 5) is 11.4. The van der Waals surface area contributed by atoms with E-state index < -0.39 is 0 Å². The van der Waals surface area contributed by atoms with Crippen molar-refractivity contribution in [1.82, 2.24) is 0 Å². The molecule has 4 atom stereocenters. The third-order valence-corrected chi connectivity index (χ3v) is 6.90. The van der Waals surface area contributed by atoms with Crippen LogP contribution in [-0.2, 0) is 9.53 Å². The van der Waals surface area contributed by atoms with E-state index in [9.17, 15) is 9.90 Å². The molecule has 0 aromatic carbocycles. The predicted molar refractivity (Wildman–Crippen MR) is 97.5 cm³/mol. The van der Waals surface area contributed by atoms with Crippen molar-refractivity contribution >= 4 is 5.97 Å². The zero-order valence-corrected chi connectivity index (χ0v) is 15.9. The largest absolute Gasteiger partial charge is 0.466 e. The molecule has 0 heterocycles. The molecule has 0 bridgehead atoms. The van der Waals surface area contributed by atoms with Gasteiger partial charge in [0, 0.05) is 12.7 Å². The maximum absolute atomic E-state index is 11.4. The van der Waals surface area contributed by atoms with Crippen LogP contribution in [-0.4, -0.2) is 24.8 Å². The van der Waals surface area contributed by atoms with Crippen LogP contribution in [0.25, 0.3) is 0 Å². The average molecular weight is 334 g/mol. The number of esters is 1. The van der Waals surface area contributed by atoms with Crippen molar-refractivity contribution in [2.45, 2.75) is 65.7 Å². The zero-order valence-electron chi connectivity index (χ0n) is 15.9. The minimum absolute atomic E-state index is 0.0445. The molecule has 0 aromatic rings. The van der Waals surface area contributed by atoms with Crippen LogP contribution in [0.4, 0.5) is 0 Å². The highest BCUT2D eigenvalue weighted by atomic mass is 16.5. The van der Waals surface area contributed by atoms with Crippen molar-refractivity contribution in [3.05, 3.63) is 23.8 Å². The number of rotatable bonds is 5. The van der Waals surface area contributed by atoms with Crippen LogP contribution in [0.2, 0.25) is 0 Å². The molecule has 136 valence electrons. The van der Waals surface area contributed by atoms with Crippen LogP contribution in [0.15, 0.2) is 23.8 Å². The van der Waals surface area contributed by atoms with Crippen LogP contribution >= 0.6 is 0 Å². The van der Waals surface area contributed by atoms with Crippen molar-refractivity contribution < 1.29 is 14.6 Å². The van der Waals surface area contributed by atoms with Crippen LogP contribution in [0.5, 0.6) is 0 Å². The summed E-state index contributed by atoms with van der Waals surface area (Å²) in [5.74, 6) is 0.761. The predicted octanol–water partition coefficient (Wildman–Crippen LogP) is 4.66. The van der Waals surface area contributed by atoms with Gasteiger partial charge in [-0.1, -0.05) is 38.0 Å². The highest BCUT2D eigenvalue weighted by Gasteiger charge is 2.53. The Morgan fingerprint density at radius 2 is 2.12 bits per heavy atom. The summed E-state index contributed by atoms with van der Waals surface area (Å²) < 4.78 is 4.72. The van der Waals surface area contributed by atoms with Crippen molar-refractivity contribution in [2.24, 2.45) is 22.7 Å². The average Bonchev–Trinajstić information content (AvgIpc) is 2.53.